The first-order valence-electron chi connectivity index (χ1n) is 9.62. The highest BCUT2D eigenvalue weighted by atomic mass is 16.6. The van der Waals surface area contributed by atoms with E-state index in [9.17, 15) is 9.59 Å². The topological polar surface area (TPSA) is 67.9 Å². The standard InChI is InChI=1S/C24H18N2O4/c27-23-21(16-7-3-1-4-8-16)22(24(28)26(23)18-9-5-2-6-10-18)25-17-11-12-19-20(15-17)30-14-13-29-19/h1-12,15,25H,13-14H2. The van der Waals surface area contributed by atoms with Gasteiger partial charge in [0.1, 0.15) is 18.9 Å². The molecule has 2 aliphatic heterocycles. The maximum Gasteiger partial charge on any atom is 0.282 e. The van der Waals surface area contributed by atoms with E-state index in [-0.39, 0.29) is 11.6 Å². The van der Waals surface area contributed by atoms with E-state index < -0.39 is 5.91 Å². The normalized spacial score (nSPS) is 15.5. The molecule has 3 aromatic carbocycles. The summed E-state index contributed by atoms with van der Waals surface area (Å²) in [6.07, 6.45) is 0. The monoisotopic (exact) mass is 398 g/mol. The molecule has 0 saturated heterocycles. The second kappa shape index (κ2) is 7.40. The molecule has 0 saturated carbocycles. The Bertz CT molecular complexity index is 1160. The molecule has 2 aliphatic rings. The van der Waals surface area contributed by atoms with E-state index in [2.05, 4.69) is 5.32 Å². The van der Waals surface area contributed by atoms with Gasteiger partial charge in [0.15, 0.2) is 11.5 Å². The van der Waals surface area contributed by atoms with Crippen LogP contribution in [0.25, 0.3) is 5.57 Å². The average Bonchev–Trinajstić information content (AvgIpc) is 3.04. The van der Waals surface area contributed by atoms with E-state index in [0.717, 1.165) is 0 Å². The Hall–Kier alpha value is -4.06. The van der Waals surface area contributed by atoms with Gasteiger partial charge in [-0.05, 0) is 29.8 Å². The van der Waals surface area contributed by atoms with Crippen molar-refractivity contribution in [2.24, 2.45) is 0 Å². The van der Waals surface area contributed by atoms with Crippen LogP contribution in [0, 0.1) is 0 Å². The van der Waals surface area contributed by atoms with Gasteiger partial charge in [-0.25, -0.2) is 4.90 Å². The molecule has 6 nitrogen and oxygen atoms in total. The number of carbonyl (C=O) groups excluding carboxylic acids is 2. The summed E-state index contributed by atoms with van der Waals surface area (Å²) >= 11 is 0. The van der Waals surface area contributed by atoms with Crippen molar-refractivity contribution in [1.82, 2.24) is 0 Å². The SMILES string of the molecule is O=C1C(Nc2ccc3c(c2)OCCO3)=C(c2ccccc2)C(=O)N1c1ccccc1. The zero-order valence-electron chi connectivity index (χ0n) is 16.0. The number of imide groups is 1. The predicted molar refractivity (Wildman–Crippen MR) is 113 cm³/mol. The average molecular weight is 398 g/mol. The van der Waals surface area contributed by atoms with Crippen LogP contribution >= 0.6 is 0 Å². The van der Waals surface area contributed by atoms with Crippen LogP contribution in [0.5, 0.6) is 11.5 Å². The number of anilines is 2. The van der Waals surface area contributed by atoms with Gasteiger partial charge in [0.2, 0.25) is 0 Å². The van der Waals surface area contributed by atoms with Crippen molar-refractivity contribution in [3.63, 3.8) is 0 Å². The molecule has 0 bridgehead atoms. The first kappa shape index (κ1) is 18.0. The Morgan fingerprint density at radius 1 is 0.733 bits per heavy atom. The highest BCUT2D eigenvalue weighted by Gasteiger charge is 2.40. The Kier molecular flexibility index (Phi) is 4.44. The van der Waals surface area contributed by atoms with E-state index in [1.807, 2.05) is 36.4 Å². The molecule has 0 aliphatic carbocycles. The van der Waals surface area contributed by atoms with E-state index in [1.54, 1.807) is 42.5 Å². The third kappa shape index (κ3) is 3.08. The molecule has 3 aromatic rings. The van der Waals surface area contributed by atoms with Gasteiger partial charge in [-0.1, -0.05) is 48.5 Å². The number of rotatable bonds is 4. The number of ether oxygens (including phenoxy) is 2. The minimum absolute atomic E-state index is 0.228. The molecule has 1 N–H and O–H groups in total. The van der Waals surface area contributed by atoms with Crippen molar-refractivity contribution >= 4 is 28.8 Å². The molecule has 0 unspecified atom stereocenters. The van der Waals surface area contributed by atoms with Crippen LogP contribution in [0.1, 0.15) is 5.56 Å². The number of hydrogen-bond acceptors (Lipinski definition) is 5. The zero-order chi connectivity index (χ0) is 20.5. The number of para-hydroxylation sites is 1. The maximum absolute atomic E-state index is 13.3. The number of benzene rings is 3. The Morgan fingerprint density at radius 2 is 1.40 bits per heavy atom. The molecular weight excluding hydrogens is 380 g/mol. The minimum Gasteiger partial charge on any atom is -0.486 e. The number of carbonyl (C=O) groups is 2. The first-order chi connectivity index (χ1) is 14.7. The lowest BCUT2D eigenvalue weighted by Crippen LogP contribution is -2.32. The maximum atomic E-state index is 13.3. The fourth-order valence-corrected chi connectivity index (χ4v) is 3.60. The van der Waals surface area contributed by atoms with Crippen LogP contribution < -0.4 is 19.7 Å². The molecule has 0 radical (unpaired) electrons. The number of nitrogens with one attached hydrogen (secondary N) is 1. The summed E-state index contributed by atoms with van der Waals surface area (Å²) in [6, 6.07) is 23.5. The van der Waals surface area contributed by atoms with Crippen LogP contribution in [-0.4, -0.2) is 25.0 Å². The molecule has 0 spiro atoms. The summed E-state index contributed by atoms with van der Waals surface area (Å²) in [5, 5.41) is 3.15. The molecule has 2 heterocycles. The number of amides is 2. The van der Waals surface area contributed by atoms with Crippen molar-refractivity contribution in [2.75, 3.05) is 23.4 Å². The van der Waals surface area contributed by atoms with Gasteiger partial charge in [0.25, 0.3) is 11.8 Å². The van der Waals surface area contributed by atoms with Crippen LogP contribution in [-0.2, 0) is 9.59 Å². The lowest BCUT2D eigenvalue weighted by molar-refractivity contribution is -0.120. The lowest BCUT2D eigenvalue weighted by atomic mass is 10.0. The van der Waals surface area contributed by atoms with Crippen LogP contribution in [0.15, 0.2) is 84.6 Å². The van der Waals surface area contributed by atoms with Gasteiger partial charge in [-0.2, -0.15) is 0 Å². The summed E-state index contributed by atoms with van der Waals surface area (Å²) in [5.74, 6) is 0.492. The van der Waals surface area contributed by atoms with E-state index in [4.69, 9.17) is 9.47 Å². The Balaban J connectivity index is 1.58. The molecule has 5 rings (SSSR count). The summed E-state index contributed by atoms with van der Waals surface area (Å²) in [7, 11) is 0. The van der Waals surface area contributed by atoms with E-state index in [1.165, 1.54) is 4.90 Å². The van der Waals surface area contributed by atoms with Crippen molar-refractivity contribution in [1.29, 1.82) is 0 Å². The summed E-state index contributed by atoms with van der Waals surface area (Å²) < 4.78 is 11.2. The second-order valence-electron chi connectivity index (χ2n) is 6.88. The van der Waals surface area contributed by atoms with Crippen LogP contribution in [0.4, 0.5) is 11.4 Å². The van der Waals surface area contributed by atoms with Gasteiger partial charge in [-0.15, -0.1) is 0 Å². The van der Waals surface area contributed by atoms with Gasteiger partial charge >= 0.3 is 0 Å². The van der Waals surface area contributed by atoms with Gasteiger partial charge < -0.3 is 14.8 Å². The summed E-state index contributed by atoms with van der Waals surface area (Å²) in [6.45, 7) is 0.968. The number of nitrogens with zero attached hydrogens (tertiary/aromatic N) is 1. The van der Waals surface area contributed by atoms with E-state index >= 15 is 0 Å². The zero-order valence-corrected chi connectivity index (χ0v) is 16.0. The predicted octanol–water partition coefficient (Wildman–Crippen LogP) is 3.85. The summed E-state index contributed by atoms with van der Waals surface area (Å²) in [4.78, 5) is 27.8. The smallest absolute Gasteiger partial charge is 0.282 e. The molecule has 2 amide bonds. The largest absolute Gasteiger partial charge is 0.486 e. The molecular formula is C24H18N2O4. The highest BCUT2D eigenvalue weighted by molar-refractivity contribution is 6.46. The quantitative estimate of drug-likeness (QED) is 0.676. The molecule has 6 heteroatoms. The number of hydrogen-bond donors (Lipinski definition) is 1. The van der Waals surface area contributed by atoms with Gasteiger partial charge in [0, 0.05) is 11.8 Å². The van der Waals surface area contributed by atoms with Crippen molar-refractivity contribution in [3.05, 3.63) is 90.1 Å². The van der Waals surface area contributed by atoms with Crippen LogP contribution in [0.3, 0.4) is 0 Å². The fourth-order valence-electron chi connectivity index (χ4n) is 3.60. The Labute approximate surface area is 173 Å². The first-order valence-corrected chi connectivity index (χ1v) is 9.62. The third-order valence-corrected chi connectivity index (χ3v) is 4.97. The minimum atomic E-state index is -0.403. The fraction of sp³-hybridized carbons (Fsp3) is 0.0833. The van der Waals surface area contributed by atoms with Gasteiger partial charge in [-0.3, -0.25) is 9.59 Å². The summed E-state index contributed by atoms with van der Waals surface area (Å²) in [5.41, 5.74) is 2.40. The van der Waals surface area contributed by atoms with Gasteiger partial charge in [0.05, 0.1) is 11.3 Å². The van der Waals surface area contributed by atoms with Crippen LogP contribution in [0.2, 0.25) is 0 Å². The van der Waals surface area contributed by atoms with E-state index in [0.29, 0.717) is 47.2 Å². The highest BCUT2D eigenvalue weighted by Crippen LogP contribution is 2.36. The Morgan fingerprint density at radius 3 is 2.13 bits per heavy atom. The molecule has 30 heavy (non-hydrogen) atoms. The molecule has 0 fully saturated rings. The third-order valence-electron chi connectivity index (χ3n) is 4.97. The molecule has 0 atom stereocenters. The van der Waals surface area contributed by atoms with Crippen molar-refractivity contribution in [3.8, 4) is 11.5 Å². The lowest BCUT2D eigenvalue weighted by Gasteiger charge is -2.19. The number of fused-ring (bicyclic) bond motifs is 1. The van der Waals surface area contributed by atoms with Crippen molar-refractivity contribution in [2.45, 2.75) is 0 Å². The second-order valence-corrected chi connectivity index (χ2v) is 6.88. The van der Waals surface area contributed by atoms with Crippen molar-refractivity contribution < 1.29 is 19.1 Å². The molecule has 148 valence electrons. The molecule has 0 aromatic heterocycles.